The number of hydrogen-bond acceptors (Lipinski definition) is 9. The number of halogens is 3. The summed E-state index contributed by atoms with van der Waals surface area (Å²) in [5.74, 6) is -1.86. The number of alkyl halides is 3. The first-order valence-corrected chi connectivity index (χ1v) is 14.7. The molecule has 1 saturated heterocycles. The van der Waals surface area contributed by atoms with Crippen LogP contribution in [0.2, 0.25) is 0 Å². The third kappa shape index (κ3) is 5.89. The zero-order chi connectivity index (χ0) is 32.8. The van der Waals surface area contributed by atoms with Crippen LogP contribution >= 0.6 is 0 Å². The molecule has 2 aliphatic heterocycles. The number of carbonyl (C=O) groups excluding carboxylic acids is 3. The molecule has 3 amide bonds. The van der Waals surface area contributed by atoms with E-state index in [0.29, 0.717) is 37.7 Å². The molecular weight excluding hydrogens is 607 g/mol. The van der Waals surface area contributed by atoms with Gasteiger partial charge in [0, 0.05) is 37.9 Å². The molecule has 3 heterocycles. The summed E-state index contributed by atoms with van der Waals surface area (Å²) in [6.45, 7) is 1.42. The number of rotatable bonds is 9. The van der Waals surface area contributed by atoms with Crippen LogP contribution < -0.4 is 25.8 Å². The summed E-state index contributed by atoms with van der Waals surface area (Å²) >= 11 is 0. The molecule has 15 heteroatoms. The number of ether oxygens (including phenoxy) is 2. The summed E-state index contributed by atoms with van der Waals surface area (Å²) in [4.78, 5) is 48.6. The highest BCUT2D eigenvalue weighted by molar-refractivity contribution is 6.03. The van der Waals surface area contributed by atoms with Gasteiger partial charge in [0.2, 0.25) is 17.7 Å². The Morgan fingerprint density at radius 1 is 1.13 bits per heavy atom. The van der Waals surface area contributed by atoms with E-state index in [-0.39, 0.29) is 53.1 Å². The van der Waals surface area contributed by atoms with Crippen LogP contribution in [-0.4, -0.2) is 77.3 Å². The second kappa shape index (κ2) is 11.8. The minimum absolute atomic E-state index is 0.0280. The average Bonchev–Trinajstić information content (AvgIpc) is 3.79. The molecule has 1 spiro atoms. The van der Waals surface area contributed by atoms with Gasteiger partial charge in [0.05, 0.1) is 30.4 Å². The number of benzene rings is 2. The van der Waals surface area contributed by atoms with E-state index in [1.54, 1.807) is 24.1 Å². The van der Waals surface area contributed by atoms with E-state index in [1.807, 2.05) is 4.90 Å². The van der Waals surface area contributed by atoms with Gasteiger partial charge in [0.1, 0.15) is 17.1 Å². The Kier molecular flexibility index (Phi) is 7.96. The van der Waals surface area contributed by atoms with Crippen molar-refractivity contribution in [1.82, 2.24) is 25.1 Å². The summed E-state index contributed by atoms with van der Waals surface area (Å²) < 4.78 is 53.2. The van der Waals surface area contributed by atoms with Crippen LogP contribution in [0.4, 0.5) is 24.8 Å². The number of likely N-dealkylation sites (tertiary alicyclic amines) is 1. The minimum Gasteiger partial charge on any atom is -0.495 e. The van der Waals surface area contributed by atoms with Crippen LogP contribution in [0.25, 0.3) is 0 Å². The van der Waals surface area contributed by atoms with Crippen LogP contribution in [0.5, 0.6) is 17.4 Å². The number of fused-ring (bicyclic) bond motifs is 2. The van der Waals surface area contributed by atoms with Gasteiger partial charge < -0.3 is 30.7 Å². The molecule has 6 rings (SSSR count). The Bertz CT molecular complexity index is 1700. The van der Waals surface area contributed by atoms with Gasteiger partial charge in [0.25, 0.3) is 11.8 Å². The molecule has 3 aromatic rings. The van der Waals surface area contributed by atoms with E-state index in [1.165, 1.54) is 31.4 Å². The summed E-state index contributed by atoms with van der Waals surface area (Å²) in [6, 6.07) is 9.34. The Morgan fingerprint density at radius 2 is 1.87 bits per heavy atom. The smallest absolute Gasteiger partial charge is 0.423 e. The molecule has 0 radical (unpaired) electrons. The van der Waals surface area contributed by atoms with E-state index in [0.717, 1.165) is 18.4 Å². The molecule has 3 aliphatic rings. The molecule has 0 atom stereocenters. The van der Waals surface area contributed by atoms with Gasteiger partial charge >= 0.3 is 6.18 Å². The van der Waals surface area contributed by atoms with Crippen LogP contribution in [0.3, 0.4) is 0 Å². The molecular formula is C31H32F3N7O5. The average molecular weight is 640 g/mol. The van der Waals surface area contributed by atoms with Crippen molar-refractivity contribution in [3.63, 3.8) is 0 Å². The summed E-state index contributed by atoms with van der Waals surface area (Å²) in [5, 5.41) is 5.82. The second-order valence-corrected chi connectivity index (χ2v) is 11.6. The molecule has 2 fully saturated rings. The maximum atomic E-state index is 14.0. The van der Waals surface area contributed by atoms with E-state index in [2.05, 4.69) is 20.6 Å². The molecule has 1 aliphatic carbocycles. The van der Waals surface area contributed by atoms with Crippen molar-refractivity contribution in [3.05, 3.63) is 64.8 Å². The molecule has 0 bridgehead atoms. The Balaban J connectivity index is 1.21. The molecule has 2 aromatic carbocycles. The Hall–Kier alpha value is -4.92. The van der Waals surface area contributed by atoms with Crippen molar-refractivity contribution in [2.24, 2.45) is 5.73 Å². The number of anilines is 2. The third-order valence-corrected chi connectivity index (χ3v) is 8.69. The molecule has 1 saturated carbocycles. The van der Waals surface area contributed by atoms with Gasteiger partial charge in [-0.15, -0.1) is 0 Å². The first-order chi connectivity index (χ1) is 21.9. The number of nitrogens with two attached hydrogens (primary N) is 1. The quantitative estimate of drug-likeness (QED) is 0.318. The molecule has 12 nitrogen and oxygen atoms in total. The second-order valence-electron chi connectivity index (χ2n) is 11.6. The van der Waals surface area contributed by atoms with E-state index >= 15 is 0 Å². The van der Waals surface area contributed by atoms with Gasteiger partial charge in [-0.2, -0.15) is 18.2 Å². The lowest BCUT2D eigenvalue weighted by molar-refractivity contribution is -0.139. The number of primary amides is 1. The summed E-state index contributed by atoms with van der Waals surface area (Å²) in [5.41, 5.74) is 5.14. The minimum atomic E-state index is -4.84. The predicted octanol–water partition coefficient (Wildman–Crippen LogP) is 3.79. The monoisotopic (exact) mass is 639 g/mol. The molecule has 46 heavy (non-hydrogen) atoms. The fraction of sp³-hybridized carbons (Fsp3) is 0.387. The topological polar surface area (TPSA) is 152 Å². The van der Waals surface area contributed by atoms with Gasteiger partial charge in [-0.1, -0.05) is 12.1 Å². The largest absolute Gasteiger partial charge is 0.495 e. The van der Waals surface area contributed by atoms with Crippen molar-refractivity contribution in [2.45, 2.75) is 43.4 Å². The number of aromatic nitrogens is 2. The van der Waals surface area contributed by atoms with Crippen molar-refractivity contribution in [1.29, 1.82) is 0 Å². The summed E-state index contributed by atoms with van der Waals surface area (Å²) in [6.07, 6.45) is -1.39. The zero-order valence-electron chi connectivity index (χ0n) is 25.1. The van der Waals surface area contributed by atoms with E-state index in [9.17, 15) is 27.6 Å². The lowest BCUT2D eigenvalue weighted by atomic mass is 10.0. The fourth-order valence-corrected chi connectivity index (χ4v) is 6.07. The standard InChI is InChI=1S/C31H32F3N7O5/c1-40-28(44)25-19(30(40)10-11-30)4-3-5-22(25)46-27-20(31(32,33)34)15-36-29(39-27)38-21-7-6-17(14-23(21)45-2)26(43)37-18-8-12-41(13-9-18)16-24(35)42/h3-7,14-15,18H,8-13,16H2,1-2H3,(H2,35,42)(H,37,43)(H,36,38,39). The van der Waals surface area contributed by atoms with Crippen molar-refractivity contribution >= 4 is 29.4 Å². The van der Waals surface area contributed by atoms with Gasteiger partial charge in [-0.25, -0.2) is 4.98 Å². The lowest BCUT2D eigenvalue weighted by Crippen LogP contribution is -2.46. The number of nitrogens with zero attached hydrogens (tertiary/aromatic N) is 4. The highest BCUT2D eigenvalue weighted by Gasteiger charge is 2.57. The lowest BCUT2D eigenvalue weighted by Gasteiger charge is -2.31. The van der Waals surface area contributed by atoms with E-state index in [4.69, 9.17) is 15.2 Å². The SMILES string of the molecule is COc1cc(C(=O)NC2CCN(CC(N)=O)CC2)ccc1Nc1ncc(C(F)(F)F)c(Oc2cccc3c2C(=O)N(C)C32CC2)n1. The normalized spacial score (nSPS) is 17.5. The summed E-state index contributed by atoms with van der Waals surface area (Å²) in [7, 11) is 3.06. The number of piperidine rings is 1. The zero-order valence-corrected chi connectivity index (χ0v) is 25.1. The number of methoxy groups -OCH3 is 1. The van der Waals surface area contributed by atoms with Crippen molar-refractivity contribution < 1.29 is 37.0 Å². The van der Waals surface area contributed by atoms with Gasteiger partial charge in [-0.05, 0) is 55.5 Å². The maximum absolute atomic E-state index is 14.0. The Morgan fingerprint density at radius 3 is 2.52 bits per heavy atom. The van der Waals surface area contributed by atoms with Crippen molar-refractivity contribution in [3.8, 4) is 17.4 Å². The highest BCUT2D eigenvalue weighted by atomic mass is 19.4. The molecule has 1 aromatic heterocycles. The highest BCUT2D eigenvalue weighted by Crippen LogP contribution is 2.57. The molecule has 242 valence electrons. The van der Waals surface area contributed by atoms with Crippen LogP contribution in [0, 0.1) is 0 Å². The first-order valence-electron chi connectivity index (χ1n) is 14.7. The van der Waals surface area contributed by atoms with Crippen LogP contribution in [-0.2, 0) is 16.5 Å². The van der Waals surface area contributed by atoms with Crippen LogP contribution in [0.1, 0.15) is 57.5 Å². The Labute approximate surface area is 262 Å². The third-order valence-electron chi connectivity index (χ3n) is 8.69. The fourth-order valence-electron chi connectivity index (χ4n) is 6.07. The number of amides is 3. The predicted molar refractivity (Wildman–Crippen MR) is 159 cm³/mol. The molecule has 0 unspecified atom stereocenters. The maximum Gasteiger partial charge on any atom is 0.423 e. The molecule has 4 N–H and O–H groups in total. The first kappa shape index (κ1) is 31.1. The van der Waals surface area contributed by atoms with Crippen LogP contribution in [0.15, 0.2) is 42.6 Å². The van der Waals surface area contributed by atoms with Crippen molar-refractivity contribution in [2.75, 3.05) is 39.1 Å². The number of hydrogen-bond donors (Lipinski definition) is 3. The number of carbonyl (C=O) groups is 3. The van der Waals surface area contributed by atoms with E-state index < -0.39 is 29.1 Å². The van der Waals surface area contributed by atoms with Gasteiger partial charge in [-0.3, -0.25) is 19.3 Å². The van der Waals surface area contributed by atoms with Gasteiger partial charge in [0.15, 0.2) is 0 Å². The number of nitrogens with one attached hydrogen (secondary N) is 2.